The minimum atomic E-state index is -0.0294. The molecule has 0 radical (unpaired) electrons. The van der Waals surface area contributed by atoms with E-state index in [0.717, 1.165) is 19.4 Å². The first kappa shape index (κ1) is 14.9. The fourth-order valence-electron chi connectivity index (χ4n) is 2.91. The molecule has 0 aromatic carbocycles. The summed E-state index contributed by atoms with van der Waals surface area (Å²) in [5.41, 5.74) is 0.466. The maximum absolute atomic E-state index is 12.8. The highest BCUT2D eigenvalue weighted by molar-refractivity contribution is 7.13. The largest absolute Gasteiger partial charge is 0.335 e. The Balaban J connectivity index is 1.50. The van der Waals surface area contributed by atoms with Gasteiger partial charge < -0.3 is 9.47 Å². The van der Waals surface area contributed by atoms with Crippen LogP contribution in [0.25, 0.3) is 10.8 Å². The van der Waals surface area contributed by atoms with Crippen molar-refractivity contribution in [3.05, 3.63) is 48.3 Å². The van der Waals surface area contributed by atoms with Crippen molar-refractivity contribution < 1.29 is 4.79 Å². The quantitative estimate of drug-likeness (QED) is 0.731. The number of hydrogen-bond acceptors (Lipinski definition) is 6. The molecular weight excluding hydrogens is 324 g/mol. The normalized spacial score (nSPS) is 17.8. The molecule has 1 atom stereocenters. The molecule has 0 N–H and O–H groups in total. The highest BCUT2D eigenvalue weighted by Gasteiger charge is 2.26. The molecule has 1 saturated heterocycles. The van der Waals surface area contributed by atoms with Crippen LogP contribution >= 0.6 is 11.3 Å². The number of carbonyl (C=O) groups is 1. The van der Waals surface area contributed by atoms with Crippen molar-refractivity contribution in [2.45, 2.75) is 18.9 Å². The van der Waals surface area contributed by atoms with Crippen molar-refractivity contribution in [2.24, 2.45) is 0 Å². The van der Waals surface area contributed by atoms with E-state index in [2.05, 4.69) is 24.5 Å². The third-order valence-corrected chi connectivity index (χ3v) is 4.95. The van der Waals surface area contributed by atoms with E-state index in [4.69, 9.17) is 0 Å². The van der Waals surface area contributed by atoms with E-state index in [9.17, 15) is 4.79 Å². The highest BCUT2D eigenvalue weighted by Crippen LogP contribution is 2.25. The average Bonchev–Trinajstić information content (AvgIpc) is 3.34. The lowest BCUT2D eigenvalue weighted by atomic mass is 10.1. The first-order valence-corrected chi connectivity index (χ1v) is 8.69. The first-order chi connectivity index (χ1) is 11.8. The Bertz CT molecular complexity index is 816. The van der Waals surface area contributed by atoms with E-state index in [1.807, 2.05) is 17.4 Å². The fourth-order valence-corrected chi connectivity index (χ4v) is 3.65. The highest BCUT2D eigenvalue weighted by atomic mass is 32.1. The summed E-state index contributed by atoms with van der Waals surface area (Å²) in [6.07, 6.45) is 10.9. The predicted molar refractivity (Wildman–Crippen MR) is 89.5 cm³/mol. The molecule has 7 nitrogen and oxygen atoms in total. The summed E-state index contributed by atoms with van der Waals surface area (Å²) in [6, 6.07) is 2.04. The Morgan fingerprint density at radius 3 is 2.92 bits per heavy atom. The molecule has 1 amide bonds. The van der Waals surface area contributed by atoms with E-state index >= 15 is 0 Å². The van der Waals surface area contributed by atoms with Crippen LogP contribution in [0.4, 0.5) is 0 Å². The van der Waals surface area contributed by atoms with Crippen molar-refractivity contribution in [2.75, 3.05) is 13.1 Å². The Hall–Kier alpha value is -2.61. The Morgan fingerprint density at radius 1 is 1.25 bits per heavy atom. The van der Waals surface area contributed by atoms with Crippen LogP contribution in [0.3, 0.4) is 0 Å². The van der Waals surface area contributed by atoms with Crippen LogP contribution in [-0.2, 0) is 0 Å². The molecule has 122 valence electrons. The summed E-state index contributed by atoms with van der Waals surface area (Å²) in [4.78, 5) is 31.5. The SMILES string of the molecule is O=C(c1csc(-c2ncccn2)n1)N1CCCC(n2ccnc2)C1. The van der Waals surface area contributed by atoms with Gasteiger partial charge in [-0.05, 0) is 18.9 Å². The predicted octanol–water partition coefficient (Wildman–Crippen LogP) is 2.27. The minimum absolute atomic E-state index is 0.0294. The summed E-state index contributed by atoms with van der Waals surface area (Å²) in [7, 11) is 0. The summed E-state index contributed by atoms with van der Waals surface area (Å²) in [5.74, 6) is 0.523. The van der Waals surface area contributed by atoms with Gasteiger partial charge in [-0.3, -0.25) is 4.79 Å². The van der Waals surface area contributed by atoms with Crippen molar-refractivity contribution in [1.82, 2.24) is 29.4 Å². The number of aromatic nitrogens is 5. The van der Waals surface area contributed by atoms with Gasteiger partial charge in [0.15, 0.2) is 10.8 Å². The standard InChI is InChI=1S/C16H16N6OS/c23-16(13-10-24-15(20-13)14-18-4-2-5-19-14)21-7-1-3-12(9-21)22-8-6-17-11-22/h2,4-6,8,10-12H,1,3,7,9H2. The van der Waals surface area contributed by atoms with Crippen molar-refractivity contribution >= 4 is 17.2 Å². The summed E-state index contributed by atoms with van der Waals surface area (Å²) < 4.78 is 2.07. The molecule has 4 heterocycles. The molecule has 0 saturated carbocycles. The van der Waals surface area contributed by atoms with Gasteiger partial charge in [-0.2, -0.15) is 0 Å². The van der Waals surface area contributed by atoms with E-state index in [-0.39, 0.29) is 11.9 Å². The maximum Gasteiger partial charge on any atom is 0.273 e. The molecular formula is C16H16N6OS. The molecule has 1 aliphatic rings. The zero-order valence-electron chi connectivity index (χ0n) is 12.9. The van der Waals surface area contributed by atoms with E-state index < -0.39 is 0 Å². The molecule has 1 aliphatic heterocycles. The Labute approximate surface area is 143 Å². The number of thiazole rings is 1. The summed E-state index contributed by atoms with van der Waals surface area (Å²) in [5, 5.41) is 2.46. The topological polar surface area (TPSA) is 76.8 Å². The monoisotopic (exact) mass is 340 g/mol. The van der Waals surface area contributed by atoms with Crippen molar-refractivity contribution in [3.63, 3.8) is 0 Å². The van der Waals surface area contributed by atoms with Crippen LogP contribution in [0, 0.1) is 0 Å². The third kappa shape index (κ3) is 2.92. The number of rotatable bonds is 3. The van der Waals surface area contributed by atoms with Gasteiger partial charge in [0.25, 0.3) is 5.91 Å². The number of carbonyl (C=O) groups excluding carboxylic acids is 1. The molecule has 4 rings (SSSR count). The Morgan fingerprint density at radius 2 is 2.12 bits per heavy atom. The molecule has 3 aromatic heterocycles. The van der Waals surface area contributed by atoms with Gasteiger partial charge in [0, 0.05) is 43.3 Å². The van der Waals surface area contributed by atoms with Crippen LogP contribution in [0.15, 0.2) is 42.6 Å². The molecule has 0 spiro atoms. The second-order valence-corrected chi connectivity index (χ2v) is 6.53. The van der Waals surface area contributed by atoms with Gasteiger partial charge >= 0.3 is 0 Å². The number of hydrogen-bond donors (Lipinski definition) is 0. The maximum atomic E-state index is 12.8. The molecule has 8 heteroatoms. The smallest absolute Gasteiger partial charge is 0.273 e. The van der Waals surface area contributed by atoms with Gasteiger partial charge in [0.05, 0.1) is 12.4 Å². The van der Waals surface area contributed by atoms with E-state index in [0.29, 0.717) is 23.1 Å². The van der Waals surface area contributed by atoms with Gasteiger partial charge in [0.1, 0.15) is 5.69 Å². The molecule has 24 heavy (non-hydrogen) atoms. The van der Waals surface area contributed by atoms with Crippen LogP contribution in [0.2, 0.25) is 0 Å². The van der Waals surface area contributed by atoms with E-state index in [1.165, 1.54) is 11.3 Å². The van der Waals surface area contributed by atoms with Crippen LogP contribution in [0.5, 0.6) is 0 Å². The van der Waals surface area contributed by atoms with Gasteiger partial charge in [-0.1, -0.05) is 0 Å². The number of likely N-dealkylation sites (tertiary alicyclic amines) is 1. The molecule has 0 bridgehead atoms. The molecule has 3 aromatic rings. The number of nitrogens with zero attached hydrogens (tertiary/aromatic N) is 6. The van der Waals surface area contributed by atoms with Crippen LogP contribution in [-0.4, -0.2) is 48.4 Å². The molecule has 0 aliphatic carbocycles. The number of piperidine rings is 1. The third-order valence-electron chi connectivity index (χ3n) is 4.11. The minimum Gasteiger partial charge on any atom is -0.335 e. The second kappa shape index (κ2) is 6.48. The van der Waals surface area contributed by atoms with E-state index in [1.54, 1.807) is 30.0 Å². The van der Waals surface area contributed by atoms with Crippen LogP contribution < -0.4 is 0 Å². The zero-order chi connectivity index (χ0) is 16.4. The second-order valence-electron chi connectivity index (χ2n) is 5.67. The molecule has 1 fully saturated rings. The summed E-state index contributed by atoms with van der Waals surface area (Å²) >= 11 is 1.39. The first-order valence-electron chi connectivity index (χ1n) is 7.81. The van der Waals surface area contributed by atoms with Crippen molar-refractivity contribution in [1.29, 1.82) is 0 Å². The molecule has 1 unspecified atom stereocenters. The van der Waals surface area contributed by atoms with Gasteiger partial charge in [0.2, 0.25) is 0 Å². The zero-order valence-corrected chi connectivity index (χ0v) is 13.8. The van der Waals surface area contributed by atoms with Crippen molar-refractivity contribution in [3.8, 4) is 10.8 Å². The lowest BCUT2D eigenvalue weighted by Gasteiger charge is -2.32. The summed E-state index contributed by atoms with van der Waals surface area (Å²) in [6.45, 7) is 1.45. The fraction of sp³-hybridized carbons (Fsp3) is 0.312. The lowest BCUT2D eigenvalue weighted by Crippen LogP contribution is -2.40. The average molecular weight is 340 g/mol. The van der Waals surface area contributed by atoms with Crippen LogP contribution in [0.1, 0.15) is 29.4 Å². The number of amides is 1. The van der Waals surface area contributed by atoms with Gasteiger partial charge in [-0.25, -0.2) is 19.9 Å². The number of imidazole rings is 1. The van der Waals surface area contributed by atoms with Gasteiger partial charge in [-0.15, -0.1) is 11.3 Å². The lowest BCUT2D eigenvalue weighted by molar-refractivity contribution is 0.0674. The Kier molecular flexibility index (Phi) is 4.04.